The van der Waals surface area contributed by atoms with Gasteiger partial charge in [0.05, 0.1) is 12.2 Å². The zero-order valence-corrected chi connectivity index (χ0v) is 18.0. The number of aromatic nitrogens is 1. The fourth-order valence-electron chi connectivity index (χ4n) is 3.63. The standard InChI is InChI=1S/C18H27FN4S.HI/c1-2-20-17(22-13-16-15(19)7-6-10-21-16)23-11-12-24-18(14-23)8-4-3-5-9-18;/h6-7,10H,2-5,8-9,11-14H2,1H3,(H,20,22);1H. The van der Waals surface area contributed by atoms with Crippen LogP contribution in [0, 0.1) is 5.82 Å². The van der Waals surface area contributed by atoms with Crippen molar-refractivity contribution in [3.63, 3.8) is 0 Å². The summed E-state index contributed by atoms with van der Waals surface area (Å²) in [6.07, 6.45) is 8.29. The Morgan fingerprint density at radius 3 is 2.92 bits per heavy atom. The van der Waals surface area contributed by atoms with Gasteiger partial charge >= 0.3 is 0 Å². The van der Waals surface area contributed by atoms with Crippen molar-refractivity contribution in [1.82, 2.24) is 15.2 Å². The van der Waals surface area contributed by atoms with Crippen LogP contribution in [-0.2, 0) is 6.54 Å². The fraction of sp³-hybridized carbons (Fsp3) is 0.667. The molecule has 1 aliphatic heterocycles. The molecule has 1 spiro atoms. The van der Waals surface area contributed by atoms with E-state index in [1.807, 2.05) is 0 Å². The van der Waals surface area contributed by atoms with E-state index in [0.29, 0.717) is 10.4 Å². The molecule has 1 N–H and O–H groups in total. The number of rotatable bonds is 3. The minimum absolute atomic E-state index is 0. The molecule has 25 heavy (non-hydrogen) atoms. The van der Waals surface area contributed by atoms with Gasteiger partial charge in [-0.1, -0.05) is 19.3 Å². The van der Waals surface area contributed by atoms with Gasteiger partial charge in [0.25, 0.3) is 0 Å². The molecule has 4 nitrogen and oxygen atoms in total. The van der Waals surface area contributed by atoms with Crippen molar-refractivity contribution in [3.8, 4) is 0 Å². The van der Waals surface area contributed by atoms with E-state index >= 15 is 0 Å². The average molecular weight is 478 g/mol. The lowest BCUT2D eigenvalue weighted by atomic mass is 9.87. The van der Waals surface area contributed by atoms with E-state index in [4.69, 9.17) is 0 Å². The lowest BCUT2D eigenvalue weighted by molar-refractivity contribution is 0.293. The van der Waals surface area contributed by atoms with Gasteiger partial charge in [-0.2, -0.15) is 11.8 Å². The van der Waals surface area contributed by atoms with Gasteiger partial charge < -0.3 is 10.2 Å². The SMILES string of the molecule is CCNC(=NCc1ncccc1F)N1CCSC2(CCCCC2)C1.I. The Morgan fingerprint density at radius 2 is 2.20 bits per heavy atom. The van der Waals surface area contributed by atoms with Crippen molar-refractivity contribution in [2.45, 2.75) is 50.3 Å². The smallest absolute Gasteiger partial charge is 0.194 e. The van der Waals surface area contributed by atoms with Crippen LogP contribution in [0.5, 0.6) is 0 Å². The van der Waals surface area contributed by atoms with Gasteiger partial charge in [-0.05, 0) is 31.9 Å². The van der Waals surface area contributed by atoms with Crippen molar-refractivity contribution in [2.75, 3.05) is 25.4 Å². The maximum Gasteiger partial charge on any atom is 0.194 e. The number of hydrogen-bond acceptors (Lipinski definition) is 3. The highest BCUT2D eigenvalue weighted by molar-refractivity contribution is 14.0. The largest absolute Gasteiger partial charge is 0.357 e. The summed E-state index contributed by atoms with van der Waals surface area (Å²) in [6, 6.07) is 3.06. The predicted octanol–water partition coefficient (Wildman–Crippen LogP) is 4.06. The van der Waals surface area contributed by atoms with Crippen LogP contribution < -0.4 is 5.32 Å². The molecule has 0 aromatic carbocycles. The van der Waals surface area contributed by atoms with Crippen LogP contribution in [0.25, 0.3) is 0 Å². The molecule has 1 saturated heterocycles. The number of thioether (sulfide) groups is 1. The minimum Gasteiger partial charge on any atom is -0.357 e. The zero-order valence-electron chi connectivity index (χ0n) is 14.8. The van der Waals surface area contributed by atoms with Crippen LogP contribution in [0.2, 0.25) is 0 Å². The van der Waals surface area contributed by atoms with Gasteiger partial charge in [0, 0.05) is 36.3 Å². The van der Waals surface area contributed by atoms with E-state index < -0.39 is 0 Å². The molecule has 0 bridgehead atoms. The maximum absolute atomic E-state index is 13.8. The first-order valence-electron chi connectivity index (χ1n) is 8.99. The summed E-state index contributed by atoms with van der Waals surface area (Å²) in [6.45, 7) is 5.23. The Balaban J connectivity index is 0.00000225. The average Bonchev–Trinajstić information content (AvgIpc) is 2.60. The first-order valence-corrected chi connectivity index (χ1v) is 9.98. The fourth-order valence-corrected chi connectivity index (χ4v) is 5.20. The lowest BCUT2D eigenvalue weighted by Crippen LogP contribution is -2.53. The Bertz CT molecular complexity index is 572. The van der Waals surface area contributed by atoms with Crippen molar-refractivity contribution < 1.29 is 4.39 Å². The number of guanidine groups is 1. The summed E-state index contributed by atoms with van der Waals surface area (Å²) in [5.41, 5.74) is 0.409. The molecular formula is C18H28FIN4S. The number of nitrogens with one attached hydrogen (secondary N) is 1. The maximum atomic E-state index is 13.8. The zero-order chi connectivity index (χ0) is 16.8. The molecule has 1 aromatic rings. The molecule has 0 amide bonds. The lowest BCUT2D eigenvalue weighted by Gasteiger charge is -2.45. The molecule has 2 aliphatic rings. The van der Waals surface area contributed by atoms with Crippen LogP contribution in [0.4, 0.5) is 4.39 Å². The second-order valence-electron chi connectivity index (χ2n) is 6.62. The monoisotopic (exact) mass is 478 g/mol. The number of nitrogens with zero attached hydrogens (tertiary/aromatic N) is 3. The van der Waals surface area contributed by atoms with E-state index in [0.717, 1.165) is 31.3 Å². The molecule has 0 atom stereocenters. The summed E-state index contributed by atoms with van der Waals surface area (Å²) in [5.74, 6) is 1.75. The van der Waals surface area contributed by atoms with E-state index in [2.05, 4.69) is 38.9 Å². The van der Waals surface area contributed by atoms with E-state index in [9.17, 15) is 4.39 Å². The van der Waals surface area contributed by atoms with Crippen LogP contribution in [0.1, 0.15) is 44.7 Å². The molecule has 1 aliphatic carbocycles. The van der Waals surface area contributed by atoms with Gasteiger partial charge in [-0.25, -0.2) is 9.38 Å². The highest BCUT2D eigenvalue weighted by Crippen LogP contribution is 2.42. The van der Waals surface area contributed by atoms with Crippen molar-refractivity contribution in [3.05, 3.63) is 29.8 Å². The second kappa shape index (κ2) is 9.94. The molecule has 1 aromatic heterocycles. The van der Waals surface area contributed by atoms with Crippen LogP contribution in [0.3, 0.4) is 0 Å². The van der Waals surface area contributed by atoms with Crippen molar-refractivity contribution >= 4 is 41.7 Å². The third kappa shape index (κ3) is 5.45. The number of aliphatic imine (C=N–C) groups is 1. The molecule has 2 fully saturated rings. The number of hydrogen-bond donors (Lipinski definition) is 1. The summed E-state index contributed by atoms with van der Waals surface area (Å²) < 4.78 is 14.2. The van der Waals surface area contributed by atoms with E-state index in [1.165, 1.54) is 38.2 Å². The van der Waals surface area contributed by atoms with Crippen molar-refractivity contribution in [1.29, 1.82) is 0 Å². The summed E-state index contributed by atoms with van der Waals surface area (Å²) in [4.78, 5) is 11.1. The molecule has 3 rings (SSSR count). The van der Waals surface area contributed by atoms with Crippen LogP contribution in [-0.4, -0.2) is 46.0 Å². The third-order valence-corrected chi connectivity index (χ3v) is 6.40. The molecule has 0 radical (unpaired) electrons. The highest BCUT2D eigenvalue weighted by Gasteiger charge is 2.38. The topological polar surface area (TPSA) is 40.5 Å². The van der Waals surface area contributed by atoms with E-state index in [-0.39, 0.29) is 36.3 Å². The molecule has 2 heterocycles. The predicted molar refractivity (Wildman–Crippen MR) is 114 cm³/mol. The van der Waals surface area contributed by atoms with Gasteiger partial charge in [-0.15, -0.1) is 24.0 Å². The summed E-state index contributed by atoms with van der Waals surface area (Å²) in [5, 5.41) is 3.38. The summed E-state index contributed by atoms with van der Waals surface area (Å²) in [7, 11) is 0. The quantitative estimate of drug-likeness (QED) is 0.404. The van der Waals surface area contributed by atoms with Crippen LogP contribution >= 0.6 is 35.7 Å². The minimum atomic E-state index is -0.282. The molecule has 140 valence electrons. The van der Waals surface area contributed by atoms with E-state index in [1.54, 1.807) is 12.3 Å². The highest BCUT2D eigenvalue weighted by atomic mass is 127. The van der Waals surface area contributed by atoms with Gasteiger partial charge in [-0.3, -0.25) is 4.98 Å². The normalized spacial score (nSPS) is 20.2. The molecule has 7 heteroatoms. The van der Waals surface area contributed by atoms with Gasteiger partial charge in [0.2, 0.25) is 0 Å². The molecular weight excluding hydrogens is 450 g/mol. The number of halogens is 2. The Labute approximate surface area is 171 Å². The van der Waals surface area contributed by atoms with Gasteiger partial charge in [0.1, 0.15) is 5.82 Å². The molecule has 1 saturated carbocycles. The number of pyridine rings is 1. The van der Waals surface area contributed by atoms with Gasteiger partial charge in [0.15, 0.2) is 5.96 Å². The van der Waals surface area contributed by atoms with Crippen LogP contribution in [0.15, 0.2) is 23.3 Å². The van der Waals surface area contributed by atoms with Crippen molar-refractivity contribution in [2.24, 2.45) is 4.99 Å². The first kappa shape index (κ1) is 20.7. The first-order chi connectivity index (χ1) is 11.7. The Morgan fingerprint density at radius 1 is 1.40 bits per heavy atom. The summed E-state index contributed by atoms with van der Waals surface area (Å²) >= 11 is 2.15. The molecule has 0 unspecified atom stereocenters. The third-order valence-electron chi connectivity index (χ3n) is 4.86. The Kier molecular flexibility index (Phi) is 8.25. The second-order valence-corrected chi connectivity index (χ2v) is 8.18. The Hall–Kier alpha value is -0.570.